The van der Waals surface area contributed by atoms with E-state index < -0.39 is 0 Å². The number of ether oxygens (including phenoxy) is 1. The molecule has 0 unspecified atom stereocenters. The van der Waals surface area contributed by atoms with Crippen LogP contribution in [0.5, 0.6) is 5.75 Å². The van der Waals surface area contributed by atoms with Crippen LogP contribution in [-0.2, 0) is 0 Å². The Balaban J connectivity index is 1.97. The highest BCUT2D eigenvalue weighted by atomic mass is 35.5. The third-order valence-corrected chi connectivity index (χ3v) is 3.99. The summed E-state index contributed by atoms with van der Waals surface area (Å²) >= 11 is 6.29. The molecule has 3 nitrogen and oxygen atoms in total. The predicted octanol–water partition coefficient (Wildman–Crippen LogP) is 3.32. The van der Waals surface area contributed by atoms with Gasteiger partial charge in [0.05, 0.1) is 17.8 Å². The normalized spacial score (nSPS) is 16.7. The van der Waals surface area contributed by atoms with Crippen LogP contribution in [-0.4, -0.2) is 32.8 Å². The lowest BCUT2D eigenvalue weighted by atomic mass is 10.0. The van der Waals surface area contributed by atoms with E-state index in [0.717, 1.165) is 36.1 Å². The Labute approximate surface area is 120 Å². The highest BCUT2D eigenvalue weighted by molar-refractivity contribution is 6.33. The molecule has 0 spiro atoms. The van der Waals surface area contributed by atoms with Gasteiger partial charge in [0.1, 0.15) is 5.75 Å². The quantitative estimate of drug-likeness (QED) is 0.897. The van der Waals surface area contributed by atoms with Gasteiger partial charge in [0.25, 0.3) is 0 Å². The maximum absolute atomic E-state index is 6.29. The molecule has 1 fully saturated rings. The van der Waals surface area contributed by atoms with Crippen molar-refractivity contribution >= 4 is 17.3 Å². The van der Waals surface area contributed by atoms with Gasteiger partial charge in [-0.25, -0.2) is 0 Å². The van der Waals surface area contributed by atoms with Gasteiger partial charge in [-0.1, -0.05) is 18.5 Å². The summed E-state index contributed by atoms with van der Waals surface area (Å²) in [5.41, 5.74) is 1.09. The van der Waals surface area contributed by atoms with Gasteiger partial charge in [-0.2, -0.15) is 0 Å². The molecule has 0 saturated carbocycles. The highest BCUT2D eigenvalue weighted by Gasteiger charge is 2.20. The van der Waals surface area contributed by atoms with Crippen molar-refractivity contribution in [2.45, 2.75) is 32.2 Å². The number of piperidine rings is 1. The van der Waals surface area contributed by atoms with Gasteiger partial charge in [0.15, 0.2) is 0 Å². The maximum Gasteiger partial charge on any atom is 0.121 e. The third-order valence-electron chi connectivity index (χ3n) is 3.67. The SMILES string of the molecule is CCCNC1CCN(c2cc(OC)ccc2Cl)CC1. The number of nitrogens with one attached hydrogen (secondary N) is 1. The monoisotopic (exact) mass is 282 g/mol. The first-order valence-electron chi connectivity index (χ1n) is 7.06. The number of rotatable bonds is 5. The lowest BCUT2D eigenvalue weighted by Gasteiger charge is -2.34. The zero-order valence-corrected chi connectivity index (χ0v) is 12.5. The summed E-state index contributed by atoms with van der Waals surface area (Å²) in [6.45, 7) is 5.42. The Morgan fingerprint density at radius 1 is 1.37 bits per heavy atom. The fourth-order valence-corrected chi connectivity index (χ4v) is 2.77. The predicted molar refractivity (Wildman–Crippen MR) is 81.5 cm³/mol. The average molecular weight is 283 g/mol. The molecule has 0 bridgehead atoms. The molecular formula is C15H23ClN2O. The average Bonchev–Trinajstić information content (AvgIpc) is 2.46. The van der Waals surface area contributed by atoms with Gasteiger partial charge in [-0.05, 0) is 37.9 Å². The fourth-order valence-electron chi connectivity index (χ4n) is 2.53. The molecule has 1 aromatic rings. The highest BCUT2D eigenvalue weighted by Crippen LogP contribution is 2.31. The molecular weight excluding hydrogens is 260 g/mol. The molecule has 1 aliphatic heterocycles. The Morgan fingerprint density at radius 2 is 2.11 bits per heavy atom. The number of methoxy groups -OCH3 is 1. The van der Waals surface area contributed by atoms with E-state index >= 15 is 0 Å². The van der Waals surface area contributed by atoms with E-state index in [1.54, 1.807) is 7.11 Å². The van der Waals surface area contributed by atoms with E-state index in [-0.39, 0.29) is 0 Å². The minimum absolute atomic E-state index is 0.653. The van der Waals surface area contributed by atoms with E-state index in [4.69, 9.17) is 16.3 Å². The van der Waals surface area contributed by atoms with Crippen molar-refractivity contribution < 1.29 is 4.74 Å². The third kappa shape index (κ3) is 3.77. The van der Waals surface area contributed by atoms with Crippen LogP contribution >= 0.6 is 11.6 Å². The summed E-state index contributed by atoms with van der Waals surface area (Å²) < 4.78 is 5.28. The molecule has 1 saturated heterocycles. The van der Waals surface area contributed by atoms with Crippen molar-refractivity contribution in [1.82, 2.24) is 5.32 Å². The largest absolute Gasteiger partial charge is 0.497 e. The molecule has 1 aliphatic rings. The van der Waals surface area contributed by atoms with Gasteiger partial charge in [0.2, 0.25) is 0 Å². The van der Waals surface area contributed by atoms with Crippen molar-refractivity contribution in [1.29, 1.82) is 0 Å². The molecule has 1 N–H and O–H groups in total. The molecule has 19 heavy (non-hydrogen) atoms. The van der Waals surface area contributed by atoms with Gasteiger partial charge in [-0.3, -0.25) is 0 Å². The first kappa shape index (κ1) is 14.5. The molecule has 0 aliphatic carbocycles. The Kier molecular flexibility index (Phi) is 5.34. The summed E-state index contributed by atoms with van der Waals surface area (Å²) in [5.74, 6) is 0.866. The van der Waals surface area contributed by atoms with Crippen molar-refractivity contribution in [2.24, 2.45) is 0 Å². The second-order valence-corrected chi connectivity index (χ2v) is 5.44. The number of hydrogen-bond acceptors (Lipinski definition) is 3. The topological polar surface area (TPSA) is 24.5 Å². The van der Waals surface area contributed by atoms with Crippen molar-refractivity contribution in [3.05, 3.63) is 23.2 Å². The van der Waals surface area contributed by atoms with E-state index in [9.17, 15) is 0 Å². The second-order valence-electron chi connectivity index (χ2n) is 5.03. The van der Waals surface area contributed by atoms with Gasteiger partial charge >= 0.3 is 0 Å². The van der Waals surface area contributed by atoms with E-state index in [1.807, 2.05) is 18.2 Å². The summed E-state index contributed by atoms with van der Waals surface area (Å²) in [6.07, 6.45) is 3.54. The van der Waals surface area contributed by atoms with Gasteiger partial charge in [0, 0.05) is 25.2 Å². The van der Waals surface area contributed by atoms with Crippen molar-refractivity contribution in [3.8, 4) is 5.75 Å². The van der Waals surface area contributed by atoms with Crippen LogP contribution in [0.15, 0.2) is 18.2 Å². The number of benzene rings is 1. The smallest absolute Gasteiger partial charge is 0.121 e. The molecule has 0 amide bonds. The molecule has 0 atom stereocenters. The molecule has 1 heterocycles. The Hall–Kier alpha value is -0.930. The molecule has 0 radical (unpaired) electrons. The standard InChI is InChI=1S/C15H23ClN2O/c1-3-8-17-12-6-9-18(10-7-12)15-11-13(19-2)4-5-14(15)16/h4-5,11-12,17H,3,6-10H2,1-2H3. The number of nitrogens with zero attached hydrogens (tertiary/aromatic N) is 1. The van der Waals surface area contributed by atoms with E-state index in [2.05, 4.69) is 17.1 Å². The zero-order valence-electron chi connectivity index (χ0n) is 11.8. The Morgan fingerprint density at radius 3 is 2.74 bits per heavy atom. The lowest BCUT2D eigenvalue weighted by molar-refractivity contribution is 0.409. The molecule has 4 heteroatoms. The van der Waals surface area contributed by atoms with Crippen LogP contribution in [0, 0.1) is 0 Å². The fraction of sp³-hybridized carbons (Fsp3) is 0.600. The van der Waals surface area contributed by atoms with Crippen molar-refractivity contribution in [2.75, 3.05) is 31.6 Å². The Bertz CT molecular complexity index is 403. The lowest BCUT2D eigenvalue weighted by Crippen LogP contribution is -2.42. The van der Waals surface area contributed by atoms with Crippen LogP contribution in [0.3, 0.4) is 0 Å². The molecule has 2 rings (SSSR count). The minimum Gasteiger partial charge on any atom is -0.497 e. The van der Waals surface area contributed by atoms with Crippen LogP contribution in [0.2, 0.25) is 5.02 Å². The number of halogens is 1. The first-order chi connectivity index (χ1) is 9.24. The van der Waals surface area contributed by atoms with Gasteiger partial charge in [-0.15, -0.1) is 0 Å². The maximum atomic E-state index is 6.29. The van der Waals surface area contributed by atoms with Crippen LogP contribution in [0.1, 0.15) is 26.2 Å². The minimum atomic E-state index is 0.653. The summed E-state index contributed by atoms with van der Waals surface area (Å²) in [7, 11) is 1.69. The summed E-state index contributed by atoms with van der Waals surface area (Å²) in [5, 5.41) is 4.40. The van der Waals surface area contributed by atoms with Crippen LogP contribution < -0.4 is 15.0 Å². The number of anilines is 1. The van der Waals surface area contributed by atoms with Crippen LogP contribution in [0.4, 0.5) is 5.69 Å². The van der Waals surface area contributed by atoms with E-state index in [0.29, 0.717) is 6.04 Å². The first-order valence-corrected chi connectivity index (χ1v) is 7.44. The van der Waals surface area contributed by atoms with Crippen molar-refractivity contribution in [3.63, 3.8) is 0 Å². The second kappa shape index (κ2) is 7.01. The number of hydrogen-bond donors (Lipinski definition) is 1. The molecule has 1 aromatic carbocycles. The molecule has 0 aromatic heterocycles. The van der Waals surface area contributed by atoms with Crippen LogP contribution in [0.25, 0.3) is 0 Å². The zero-order chi connectivity index (χ0) is 13.7. The van der Waals surface area contributed by atoms with Gasteiger partial charge < -0.3 is 15.0 Å². The molecule has 106 valence electrons. The summed E-state index contributed by atoms with van der Waals surface area (Å²) in [4.78, 5) is 2.36. The summed E-state index contributed by atoms with van der Waals surface area (Å²) in [6, 6.07) is 6.50. The van der Waals surface area contributed by atoms with E-state index in [1.165, 1.54) is 19.3 Å².